The minimum atomic E-state index is -1.63. The van der Waals surface area contributed by atoms with E-state index in [1.54, 1.807) is 0 Å². The van der Waals surface area contributed by atoms with Gasteiger partial charge in [-0.1, -0.05) is 0 Å². The maximum atomic E-state index is 9.92. The minimum absolute atomic E-state index is 0.168. The summed E-state index contributed by atoms with van der Waals surface area (Å²) >= 11 is 0. The molecule has 7 N–H and O–H groups in total. The van der Waals surface area contributed by atoms with Crippen molar-refractivity contribution in [1.82, 2.24) is 0 Å². The fourth-order valence-electron chi connectivity index (χ4n) is 2.58. The summed E-state index contributed by atoms with van der Waals surface area (Å²) in [7, 11) is 0. The Hall–Kier alpha value is -0.400. The lowest BCUT2D eigenvalue weighted by Crippen LogP contribution is -2.62. The normalized spacial score (nSPS) is 50.0. The maximum Gasteiger partial charge on any atom is 0.187 e. The van der Waals surface area contributed by atoms with Crippen molar-refractivity contribution in [3.8, 4) is 0 Å². The summed E-state index contributed by atoms with van der Waals surface area (Å²) in [5.74, 6) is 0. The molecule has 2 heterocycles. The van der Waals surface area contributed by atoms with E-state index in [1.165, 1.54) is 0 Å². The second kappa shape index (κ2) is 7.45. The van der Waals surface area contributed by atoms with E-state index in [0.717, 1.165) is 0 Å². The molecule has 0 amide bonds. The summed E-state index contributed by atoms with van der Waals surface area (Å²) in [6.07, 6.45) is -12.2. The molecule has 2 aliphatic heterocycles. The van der Waals surface area contributed by atoms with Crippen LogP contribution >= 0.6 is 0 Å². The monoisotopic (exact) mass is 326 g/mol. The average molecular weight is 326 g/mol. The summed E-state index contributed by atoms with van der Waals surface area (Å²) in [6, 6.07) is 0. The van der Waals surface area contributed by atoms with Crippen LogP contribution in [0.5, 0.6) is 0 Å². The van der Waals surface area contributed by atoms with Gasteiger partial charge in [0.2, 0.25) is 0 Å². The van der Waals surface area contributed by atoms with Gasteiger partial charge >= 0.3 is 0 Å². The second-order valence-electron chi connectivity index (χ2n) is 5.41. The molecule has 2 rings (SSSR count). The molecule has 2 fully saturated rings. The van der Waals surface area contributed by atoms with Crippen LogP contribution in [0.2, 0.25) is 0 Å². The highest BCUT2D eigenvalue weighted by Crippen LogP contribution is 2.28. The summed E-state index contributed by atoms with van der Waals surface area (Å²) in [5, 5.41) is 66.8. The Bertz CT molecular complexity index is 353. The van der Waals surface area contributed by atoms with Crippen molar-refractivity contribution in [3.05, 3.63) is 0 Å². The highest BCUT2D eigenvalue weighted by atomic mass is 16.7. The van der Waals surface area contributed by atoms with Crippen molar-refractivity contribution < 1.29 is 50.0 Å². The van der Waals surface area contributed by atoms with Crippen molar-refractivity contribution in [2.24, 2.45) is 0 Å². The number of ether oxygens (including phenoxy) is 3. The molecule has 2 aliphatic rings. The molecule has 0 aromatic heterocycles. The zero-order valence-electron chi connectivity index (χ0n) is 11.7. The minimum Gasteiger partial charge on any atom is -0.394 e. The number of aliphatic hydroxyl groups is 7. The van der Waals surface area contributed by atoms with E-state index in [4.69, 9.17) is 19.3 Å². The van der Waals surface area contributed by atoms with Crippen LogP contribution in [-0.2, 0) is 14.2 Å². The summed E-state index contributed by atoms with van der Waals surface area (Å²) in [5.41, 5.74) is 0. The van der Waals surface area contributed by atoms with Crippen molar-refractivity contribution in [1.29, 1.82) is 0 Å². The second-order valence-corrected chi connectivity index (χ2v) is 5.41. The van der Waals surface area contributed by atoms with Crippen LogP contribution in [-0.4, -0.2) is 104 Å². The Morgan fingerprint density at radius 1 is 0.818 bits per heavy atom. The van der Waals surface area contributed by atoms with Crippen LogP contribution < -0.4 is 0 Å². The van der Waals surface area contributed by atoms with Gasteiger partial charge in [0.1, 0.15) is 36.6 Å². The number of hydrogen-bond acceptors (Lipinski definition) is 10. The molecule has 0 spiro atoms. The first-order valence-corrected chi connectivity index (χ1v) is 6.97. The van der Waals surface area contributed by atoms with E-state index in [9.17, 15) is 30.6 Å². The first-order valence-electron chi connectivity index (χ1n) is 6.97. The van der Waals surface area contributed by atoms with Gasteiger partial charge in [-0.05, 0) is 0 Å². The summed E-state index contributed by atoms with van der Waals surface area (Å²) in [6.45, 7) is -1.17. The molecule has 0 aromatic carbocycles. The Morgan fingerprint density at radius 3 is 2.05 bits per heavy atom. The molecule has 0 unspecified atom stereocenters. The van der Waals surface area contributed by atoms with Gasteiger partial charge in [0.05, 0.1) is 19.3 Å². The van der Waals surface area contributed by atoms with Crippen LogP contribution in [0.1, 0.15) is 6.42 Å². The zero-order chi connectivity index (χ0) is 16.4. The third kappa shape index (κ3) is 3.57. The lowest BCUT2D eigenvalue weighted by Gasteiger charge is -2.44. The molecular weight excluding hydrogens is 304 g/mol. The number of hydrogen-bond donors (Lipinski definition) is 7. The predicted octanol–water partition coefficient (Wildman–Crippen LogP) is -4.37. The quantitative estimate of drug-likeness (QED) is 0.268. The molecule has 9 atom stereocenters. The summed E-state index contributed by atoms with van der Waals surface area (Å²) in [4.78, 5) is 0. The molecular formula is C12H22O10. The Balaban J connectivity index is 2.07. The van der Waals surface area contributed by atoms with Crippen LogP contribution in [0, 0.1) is 0 Å². The van der Waals surface area contributed by atoms with Crippen LogP contribution in [0.25, 0.3) is 0 Å². The molecule has 10 nitrogen and oxygen atoms in total. The molecule has 0 saturated carbocycles. The highest BCUT2D eigenvalue weighted by Gasteiger charge is 2.47. The first-order chi connectivity index (χ1) is 10.4. The van der Waals surface area contributed by atoms with Crippen LogP contribution in [0.4, 0.5) is 0 Å². The van der Waals surface area contributed by atoms with E-state index in [1.807, 2.05) is 0 Å². The number of rotatable bonds is 4. The van der Waals surface area contributed by atoms with E-state index < -0.39 is 68.5 Å². The number of aliphatic hydroxyl groups excluding tert-OH is 7. The van der Waals surface area contributed by atoms with Gasteiger partial charge in [-0.2, -0.15) is 0 Å². The molecule has 10 heteroatoms. The standard InChI is InChI=1S/C12H22O10/c13-2-5-8(17)9(18)10(19)12(21-5)22-11-4(15)1-7(16)20-6(11)3-14/h4-19H,1-3H2/t4-,5-,6-,7-,8-,9+,10-,11+,12-/m1/s1. The van der Waals surface area contributed by atoms with E-state index in [0.29, 0.717) is 0 Å². The molecule has 0 aromatic rings. The lowest BCUT2D eigenvalue weighted by atomic mass is 9.98. The highest BCUT2D eigenvalue weighted by molar-refractivity contribution is 4.91. The molecule has 0 aliphatic carbocycles. The van der Waals surface area contributed by atoms with E-state index in [2.05, 4.69) is 0 Å². The van der Waals surface area contributed by atoms with Crippen molar-refractivity contribution in [2.45, 2.75) is 61.7 Å². The molecule has 130 valence electrons. The van der Waals surface area contributed by atoms with Crippen LogP contribution in [0.3, 0.4) is 0 Å². The van der Waals surface area contributed by atoms with Gasteiger partial charge in [-0.3, -0.25) is 0 Å². The Labute approximate surface area is 126 Å². The zero-order valence-corrected chi connectivity index (χ0v) is 11.7. The van der Waals surface area contributed by atoms with Gasteiger partial charge in [0.25, 0.3) is 0 Å². The molecule has 22 heavy (non-hydrogen) atoms. The van der Waals surface area contributed by atoms with E-state index in [-0.39, 0.29) is 6.42 Å². The first kappa shape index (κ1) is 17.9. The van der Waals surface area contributed by atoms with Crippen molar-refractivity contribution >= 4 is 0 Å². The smallest absolute Gasteiger partial charge is 0.187 e. The third-order valence-corrected chi connectivity index (χ3v) is 3.84. The Morgan fingerprint density at radius 2 is 1.45 bits per heavy atom. The van der Waals surface area contributed by atoms with Crippen LogP contribution in [0.15, 0.2) is 0 Å². The van der Waals surface area contributed by atoms with Gasteiger partial charge in [-0.15, -0.1) is 0 Å². The fraction of sp³-hybridized carbons (Fsp3) is 1.00. The van der Waals surface area contributed by atoms with Crippen molar-refractivity contribution in [2.75, 3.05) is 13.2 Å². The third-order valence-electron chi connectivity index (χ3n) is 3.84. The maximum absolute atomic E-state index is 9.92. The van der Waals surface area contributed by atoms with E-state index >= 15 is 0 Å². The van der Waals surface area contributed by atoms with Gasteiger partial charge in [-0.25, -0.2) is 0 Å². The average Bonchev–Trinajstić information content (AvgIpc) is 2.49. The fourth-order valence-corrected chi connectivity index (χ4v) is 2.58. The lowest BCUT2D eigenvalue weighted by molar-refractivity contribution is -0.342. The molecule has 0 radical (unpaired) electrons. The largest absolute Gasteiger partial charge is 0.394 e. The molecule has 0 bridgehead atoms. The van der Waals surface area contributed by atoms with Crippen molar-refractivity contribution in [3.63, 3.8) is 0 Å². The van der Waals surface area contributed by atoms with Gasteiger partial charge in [0.15, 0.2) is 12.6 Å². The predicted molar refractivity (Wildman–Crippen MR) is 67.2 cm³/mol. The summed E-state index contributed by atoms with van der Waals surface area (Å²) < 4.78 is 15.5. The topological polar surface area (TPSA) is 169 Å². The van der Waals surface area contributed by atoms with Gasteiger partial charge < -0.3 is 50.0 Å². The van der Waals surface area contributed by atoms with Gasteiger partial charge in [0, 0.05) is 6.42 Å². The Kier molecular flexibility index (Phi) is 6.07. The SMILES string of the molecule is OC[C@H]1O[C@H](O[C@H]2[C@H](O)C[C@H](O)O[C@@H]2CO)[C@H](O)[C@@H](O)[C@@H]1O. The molecule has 2 saturated heterocycles.